The summed E-state index contributed by atoms with van der Waals surface area (Å²) in [5.41, 5.74) is 7.72. The van der Waals surface area contributed by atoms with E-state index in [2.05, 4.69) is 28.5 Å². The van der Waals surface area contributed by atoms with Crippen molar-refractivity contribution in [2.24, 2.45) is 11.7 Å². The maximum atomic E-state index is 5.30. The molecule has 3 rings (SSSR count). The van der Waals surface area contributed by atoms with Crippen molar-refractivity contribution in [1.29, 1.82) is 0 Å². The standard InChI is InChI=1S/C11H13N3S.C5H11NS.C2H6/c1-7-10(4-8-5-12-6-8)15-9-2-3-13-14-11(7)9;1-3-5(4-6)7-2;1-2/h2-3,8,12H,4-6H2,1H3;3H,4,6H2,1-2H3;1-2H3/b;5-3-;. The summed E-state index contributed by atoms with van der Waals surface area (Å²) >= 11 is 3.58. The van der Waals surface area contributed by atoms with E-state index in [0.29, 0.717) is 6.54 Å². The minimum absolute atomic E-state index is 0.678. The third-order valence-corrected chi connectivity index (χ3v) is 6.01. The van der Waals surface area contributed by atoms with Gasteiger partial charge < -0.3 is 11.1 Å². The van der Waals surface area contributed by atoms with Gasteiger partial charge in [0.25, 0.3) is 0 Å². The van der Waals surface area contributed by atoms with Crippen LogP contribution < -0.4 is 11.1 Å². The Bertz CT molecular complexity index is 627. The van der Waals surface area contributed by atoms with E-state index in [0.717, 1.165) is 11.4 Å². The Hall–Kier alpha value is -0.950. The number of hydrogen-bond acceptors (Lipinski definition) is 6. The Labute approximate surface area is 154 Å². The van der Waals surface area contributed by atoms with Crippen molar-refractivity contribution in [3.63, 3.8) is 0 Å². The first kappa shape index (κ1) is 21.1. The first-order chi connectivity index (χ1) is 11.7. The number of aryl methyl sites for hydroxylation is 1. The number of rotatable bonds is 4. The Morgan fingerprint density at radius 1 is 1.46 bits per heavy atom. The Morgan fingerprint density at radius 2 is 2.17 bits per heavy atom. The van der Waals surface area contributed by atoms with E-state index >= 15 is 0 Å². The van der Waals surface area contributed by atoms with Gasteiger partial charge in [-0.25, -0.2) is 0 Å². The van der Waals surface area contributed by atoms with Crippen molar-refractivity contribution in [1.82, 2.24) is 15.5 Å². The number of thioether (sulfide) groups is 1. The molecule has 0 aromatic carbocycles. The van der Waals surface area contributed by atoms with Gasteiger partial charge in [0.15, 0.2) is 0 Å². The molecular formula is C18H30N4S2. The molecule has 6 heteroatoms. The van der Waals surface area contributed by atoms with Crippen LogP contribution >= 0.6 is 23.1 Å². The van der Waals surface area contributed by atoms with E-state index in [1.807, 2.05) is 44.4 Å². The van der Waals surface area contributed by atoms with E-state index in [-0.39, 0.29) is 0 Å². The van der Waals surface area contributed by atoms with Crippen molar-refractivity contribution in [2.75, 3.05) is 25.9 Å². The minimum Gasteiger partial charge on any atom is -0.326 e. The molecule has 4 nitrogen and oxygen atoms in total. The SMILES string of the molecule is C/C=C(/CN)SC.CC.Cc1c(CC2CNC2)sc2ccnnc12. The average Bonchev–Trinajstić information content (AvgIpc) is 2.92. The maximum Gasteiger partial charge on any atom is 0.107 e. The fourth-order valence-electron chi connectivity index (χ4n) is 2.27. The van der Waals surface area contributed by atoms with Crippen LogP contribution in [0.1, 0.15) is 31.2 Å². The molecule has 0 radical (unpaired) electrons. The molecule has 2 aromatic heterocycles. The molecule has 0 spiro atoms. The Kier molecular flexibility index (Phi) is 10.2. The van der Waals surface area contributed by atoms with Crippen molar-refractivity contribution >= 4 is 33.3 Å². The Balaban J connectivity index is 0.000000274. The van der Waals surface area contributed by atoms with Gasteiger partial charge >= 0.3 is 0 Å². The molecule has 1 fully saturated rings. The van der Waals surface area contributed by atoms with Crippen molar-refractivity contribution < 1.29 is 0 Å². The van der Waals surface area contributed by atoms with E-state index in [9.17, 15) is 0 Å². The topological polar surface area (TPSA) is 63.8 Å². The second kappa shape index (κ2) is 11.6. The van der Waals surface area contributed by atoms with Gasteiger partial charge in [0.2, 0.25) is 0 Å². The maximum absolute atomic E-state index is 5.30. The lowest BCUT2D eigenvalue weighted by atomic mass is 9.97. The van der Waals surface area contributed by atoms with Gasteiger partial charge in [-0.05, 0) is 62.1 Å². The summed E-state index contributed by atoms with van der Waals surface area (Å²) in [5, 5.41) is 11.5. The molecule has 0 saturated carbocycles. The van der Waals surface area contributed by atoms with Crippen LogP contribution in [0, 0.1) is 12.8 Å². The van der Waals surface area contributed by atoms with E-state index in [1.165, 1.54) is 39.6 Å². The summed E-state index contributed by atoms with van der Waals surface area (Å²) in [6.07, 6.45) is 7.03. The zero-order valence-electron chi connectivity index (χ0n) is 15.4. The summed E-state index contributed by atoms with van der Waals surface area (Å²) in [6.45, 7) is 11.2. The number of thiophene rings is 1. The van der Waals surface area contributed by atoms with Crippen molar-refractivity contribution in [3.8, 4) is 0 Å². The smallest absolute Gasteiger partial charge is 0.107 e. The van der Waals surface area contributed by atoms with Crippen LogP contribution in [0.3, 0.4) is 0 Å². The summed E-state index contributed by atoms with van der Waals surface area (Å²) < 4.78 is 1.27. The molecule has 24 heavy (non-hydrogen) atoms. The van der Waals surface area contributed by atoms with Gasteiger partial charge in [-0.2, -0.15) is 5.10 Å². The zero-order chi connectivity index (χ0) is 17.9. The predicted octanol–water partition coefficient (Wildman–Crippen LogP) is 4.00. The first-order valence-electron chi connectivity index (χ1n) is 8.49. The average molecular weight is 367 g/mol. The van der Waals surface area contributed by atoms with Crippen LogP contribution in [0.2, 0.25) is 0 Å². The number of aromatic nitrogens is 2. The highest BCUT2D eigenvalue weighted by molar-refractivity contribution is 8.02. The predicted molar refractivity (Wildman–Crippen MR) is 110 cm³/mol. The molecule has 0 aliphatic carbocycles. The number of nitrogens with one attached hydrogen (secondary N) is 1. The fourth-order valence-corrected chi connectivity index (χ4v) is 3.93. The lowest BCUT2D eigenvalue weighted by molar-refractivity contribution is 0.348. The van der Waals surface area contributed by atoms with Crippen LogP contribution in [0.5, 0.6) is 0 Å². The molecule has 1 aliphatic heterocycles. The van der Waals surface area contributed by atoms with E-state index < -0.39 is 0 Å². The normalized spacial score (nSPS) is 14.3. The zero-order valence-corrected chi connectivity index (χ0v) is 17.1. The quantitative estimate of drug-likeness (QED) is 0.856. The molecule has 134 valence electrons. The molecular weight excluding hydrogens is 336 g/mol. The molecule has 0 amide bonds. The number of nitrogens with two attached hydrogens (primary N) is 1. The van der Waals surface area contributed by atoms with Crippen molar-refractivity contribution in [3.05, 3.63) is 33.7 Å². The van der Waals surface area contributed by atoms with Crippen LogP contribution in [-0.4, -0.2) is 36.1 Å². The summed E-state index contributed by atoms with van der Waals surface area (Å²) in [5.74, 6) is 0.824. The molecule has 0 atom stereocenters. The molecule has 3 heterocycles. The van der Waals surface area contributed by atoms with Gasteiger partial charge in [-0.3, -0.25) is 0 Å². The molecule has 2 aromatic rings. The molecule has 1 aliphatic rings. The second-order valence-electron chi connectivity index (χ2n) is 5.29. The van der Waals surface area contributed by atoms with Crippen LogP contribution in [-0.2, 0) is 6.42 Å². The summed E-state index contributed by atoms with van der Waals surface area (Å²) in [4.78, 5) is 2.73. The highest BCUT2D eigenvalue weighted by atomic mass is 32.2. The molecule has 3 N–H and O–H groups in total. The number of nitrogens with zero attached hydrogens (tertiary/aromatic N) is 2. The lowest BCUT2D eigenvalue weighted by Gasteiger charge is -2.26. The van der Waals surface area contributed by atoms with Crippen LogP contribution in [0.4, 0.5) is 0 Å². The van der Waals surface area contributed by atoms with Gasteiger partial charge in [0, 0.05) is 11.4 Å². The van der Waals surface area contributed by atoms with Gasteiger partial charge in [-0.15, -0.1) is 28.2 Å². The third kappa shape index (κ3) is 5.84. The largest absolute Gasteiger partial charge is 0.326 e. The number of fused-ring (bicyclic) bond motifs is 1. The molecule has 1 saturated heterocycles. The molecule has 0 unspecified atom stereocenters. The fraction of sp³-hybridized carbons (Fsp3) is 0.556. The van der Waals surface area contributed by atoms with Crippen molar-refractivity contribution in [2.45, 2.75) is 34.1 Å². The molecule has 0 bridgehead atoms. The van der Waals surface area contributed by atoms with Crippen LogP contribution in [0.15, 0.2) is 23.2 Å². The van der Waals surface area contributed by atoms with E-state index in [1.54, 1.807) is 18.0 Å². The van der Waals surface area contributed by atoms with Crippen LogP contribution in [0.25, 0.3) is 10.2 Å². The van der Waals surface area contributed by atoms with Gasteiger partial charge in [-0.1, -0.05) is 19.9 Å². The van der Waals surface area contributed by atoms with Gasteiger partial charge in [0.1, 0.15) is 5.52 Å². The first-order valence-corrected chi connectivity index (χ1v) is 10.5. The highest BCUT2D eigenvalue weighted by Crippen LogP contribution is 2.30. The van der Waals surface area contributed by atoms with E-state index in [4.69, 9.17) is 5.73 Å². The lowest BCUT2D eigenvalue weighted by Crippen LogP contribution is -2.42. The minimum atomic E-state index is 0.678. The monoisotopic (exact) mass is 366 g/mol. The summed E-state index contributed by atoms with van der Waals surface area (Å²) in [6, 6.07) is 2.06. The Morgan fingerprint density at radius 3 is 2.58 bits per heavy atom. The third-order valence-electron chi connectivity index (χ3n) is 3.82. The number of allylic oxidation sites excluding steroid dienone is 1. The highest BCUT2D eigenvalue weighted by Gasteiger charge is 2.20. The number of hydrogen-bond donors (Lipinski definition) is 2. The van der Waals surface area contributed by atoms with Gasteiger partial charge in [0.05, 0.1) is 10.9 Å². The summed E-state index contributed by atoms with van der Waals surface area (Å²) in [7, 11) is 0. The second-order valence-corrected chi connectivity index (χ2v) is 7.36.